The third kappa shape index (κ3) is 4.82. The van der Waals surface area contributed by atoms with Gasteiger partial charge in [0.15, 0.2) is 0 Å². The van der Waals surface area contributed by atoms with Crippen molar-refractivity contribution in [3.8, 4) is 29.3 Å². The van der Waals surface area contributed by atoms with Gasteiger partial charge in [0.05, 0.1) is 106 Å². The summed E-state index contributed by atoms with van der Waals surface area (Å²) in [6.07, 6.45) is 7.12. The van der Waals surface area contributed by atoms with E-state index in [0.29, 0.717) is 57.7 Å². The van der Waals surface area contributed by atoms with Crippen LogP contribution >= 0.6 is 0 Å². The van der Waals surface area contributed by atoms with Crippen LogP contribution in [0.2, 0.25) is 0 Å². The Morgan fingerprint density at radius 2 is 1.57 bits per heavy atom. The largest absolute Gasteiger partial charge is 0.442 e. The van der Waals surface area contributed by atoms with Crippen LogP contribution in [0.5, 0.6) is 0 Å². The van der Waals surface area contributed by atoms with Gasteiger partial charge in [-0.05, 0) is 42.9 Å². The van der Waals surface area contributed by atoms with Crippen molar-refractivity contribution in [3.63, 3.8) is 0 Å². The molecule has 56 heavy (non-hydrogen) atoms. The zero-order chi connectivity index (χ0) is 38.5. The zero-order valence-electron chi connectivity index (χ0n) is 30.7. The van der Waals surface area contributed by atoms with Crippen molar-refractivity contribution in [2.24, 2.45) is 57.2 Å². The first-order valence-corrected chi connectivity index (χ1v) is 19.5. The average Bonchev–Trinajstić information content (AvgIpc) is 3.68. The van der Waals surface area contributed by atoms with Crippen LogP contribution in [-0.2, 0) is 31.9 Å². The minimum Gasteiger partial charge on any atom is -0.442 e. The molecule has 0 radical (unpaired) electrons. The number of aromatic nitrogens is 4. The number of fused-ring (bicyclic) bond motifs is 3. The van der Waals surface area contributed by atoms with Crippen molar-refractivity contribution < 1.29 is 32.5 Å². The summed E-state index contributed by atoms with van der Waals surface area (Å²) >= 11 is 0. The second kappa shape index (κ2) is 12.8. The molecule has 4 saturated heterocycles. The van der Waals surface area contributed by atoms with Crippen molar-refractivity contribution >= 4 is 11.8 Å². The molecule has 2 aromatic heterocycles. The molecule has 0 bridgehead atoms. The van der Waals surface area contributed by atoms with Crippen LogP contribution in [0.4, 0.5) is 19.3 Å². The van der Waals surface area contributed by atoms with Gasteiger partial charge in [-0.3, -0.25) is 9.88 Å². The van der Waals surface area contributed by atoms with E-state index in [1.807, 2.05) is 0 Å². The maximum absolute atomic E-state index is 15.8. The van der Waals surface area contributed by atoms with Gasteiger partial charge in [-0.2, -0.15) is 15.8 Å². The molecule has 6 heterocycles. The van der Waals surface area contributed by atoms with Crippen molar-refractivity contribution in [3.05, 3.63) is 60.2 Å². The second-order valence-corrected chi connectivity index (χ2v) is 17.0. The predicted octanol–water partition coefficient (Wildman–Crippen LogP) is 5.09. The molecule has 288 valence electrons. The van der Waals surface area contributed by atoms with Crippen LogP contribution in [0, 0.1) is 103 Å². The Hall–Kier alpha value is -5.01. The SMILES string of the molecule is N#CC1C2COCC12CCCCC(Cc1ccc(-c2c(F)cc(N3C[C@H](Cn4ccnn4)OC3=O)cc2F)cn1)(C12COCC1C2C#N)C12COCC1C2C#N. The molecule has 1 aromatic carbocycles. The van der Waals surface area contributed by atoms with E-state index < -0.39 is 40.1 Å². The van der Waals surface area contributed by atoms with E-state index >= 15 is 8.78 Å². The summed E-state index contributed by atoms with van der Waals surface area (Å²) in [6.45, 7) is 3.42. The van der Waals surface area contributed by atoms with Gasteiger partial charge in [0.1, 0.15) is 17.7 Å². The summed E-state index contributed by atoms with van der Waals surface area (Å²) in [5, 5.41) is 38.4. The summed E-state index contributed by atoms with van der Waals surface area (Å²) < 4.78 is 56.6. The molecule has 7 aliphatic rings. The molecule has 13 nitrogen and oxygen atoms in total. The number of benzene rings is 1. The third-order valence-corrected chi connectivity index (χ3v) is 15.0. The van der Waals surface area contributed by atoms with Gasteiger partial charge < -0.3 is 18.9 Å². The number of nitrogens with zero attached hydrogens (tertiary/aromatic N) is 8. The number of hydrogen-bond acceptors (Lipinski definition) is 11. The van der Waals surface area contributed by atoms with Crippen LogP contribution in [0.1, 0.15) is 31.4 Å². The molecule has 4 aliphatic heterocycles. The van der Waals surface area contributed by atoms with Crippen LogP contribution in [-0.4, -0.2) is 78.4 Å². The van der Waals surface area contributed by atoms with Gasteiger partial charge >= 0.3 is 6.09 Å². The molecule has 3 saturated carbocycles. The first kappa shape index (κ1) is 35.4. The summed E-state index contributed by atoms with van der Waals surface area (Å²) in [5.74, 6) is -1.75. The molecule has 10 rings (SSSR count). The van der Waals surface area contributed by atoms with Crippen molar-refractivity contribution in [2.75, 3.05) is 51.1 Å². The average molecular weight is 763 g/mol. The maximum Gasteiger partial charge on any atom is 0.414 e. The number of carbonyl (C=O) groups excluding carboxylic acids is 1. The first-order valence-electron chi connectivity index (χ1n) is 19.5. The molecule has 15 heteroatoms. The topological polar surface area (TPSA) is 172 Å². The van der Waals surface area contributed by atoms with Crippen molar-refractivity contribution in [2.45, 2.75) is 44.8 Å². The number of nitriles is 3. The first-order chi connectivity index (χ1) is 27.3. The number of pyridine rings is 1. The van der Waals surface area contributed by atoms with Gasteiger partial charge in [-0.25, -0.2) is 18.3 Å². The van der Waals surface area contributed by atoms with E-state index in [1.54, 1.807) is 18.3 Å². The molecule has 0 spiro atoms. The molecule has 0 N–H and O–H groups in total. The fourth-order valence-corrected chi connectivity index (χ4v) is 12.2. The number of halogens is 2. The molecule has 9 unspecified atom stereocenters. The van der Waals surface area contributed by atoms with Crippen LogP contribution in [0.25, 0.3) is 11.1 Å². The Balaban J connectivity index is 0.938. The Labute approximate surface area is 322 Å². The smallest absolute Gasteiger partial charge is 0.414 e. The summed E-state index contributed by atoms with van der Waals surface area (Å²) in [4.78, 5) is 18.7. The summed E-state index contributed by atoms with van der Waals surface area (Å²) in [7, 11) is 0. The number of carbonyl (C=O) groups is 1. The fourth-order valence-electron chi connectivity index (χ4n) is 12.2. The fraction of sp³-hybridized carbons (Fsp3) is 0.585. The van der Waals surface area contributed by atoms with Gasteiger partial charge in [0.2, 0.25) is 0 Å². The number of hydrogen-bond donors (Lipinski definition) is 0. The molecule has 1 amide bonds. The van der Waals surface area contributed by atoms with Gasteiger partial charge in [0, 0.05) is 57.6 Å². The minimum absolute atomic E-state index is 0.0324. The highest BCUT2D eigenvalue weighted by molar-refractivity contribution is 5.90. The lowest BCUT2D eigenvalue weighted by Gasteiger charge is -2.48. The lowest BCUT2D eigenvalue weighted by molar-refractivity contribution is -0.0384. The monoisotopic (exact) mass is 762 g/mol. The van der Waals surface area contributed by atoms with Gasteiger partial charge in [-0.15, -0.1) is 5.10 Å². The third-order valence-electron chi connectivity index (χ3n) is 15.0. The van der Waals surface area contributed by atoms with E-state index in [2.05, 4.69) is 28.5 Å². The minimum atomic E-state index is -0.848. The molecule has 3 aromatic rings. The highest BCUT2D eigenvalue weighted by atomic mass is 19.1. The van der Waals surface area contributed by atoms with E-state index in [4.69, 9.17) is 23.9 Å². The van der Waals surface area contributed by atoms with E-state index in [1.165, 1.54) is 22.0 Å². The van der Waals surface area contributed by atoms with Crippen LogP contribution < -0.4 is 4.90 Å². The van der Waals surface area contributed by atoms with Gasteiger partial charge in [-0.1, -0.05) is 24.1 Å². The summed E-state index contributed by atoms with van der Waals surface area (Å²) in [5.41, 5.74) is -0.887. The quantitative estimate of drug-likeness (QED) is 0.212. The Bertz CT molecular complexity index is 2140. The summed E-state index contributed by atoms with van der Waals surface area (Å²) in [6, 6.07) is 13.4. The molecular weight excluding hydrogens is 722 g/mol. The normalized spacial score (nSPS) is 36.7. The van der Waals surface area contributed by atoms with Gasteiger partial charge in [0.25, 0.3) is 0 Å². The Morgan fingerprint density at radius 3 is 2.16 bits per heavy atom. The molecule has 7 fully saturated rings. The maximum atomic E-state index is 15.8. The van der Waals surface area contributed by atoms with Crippen LogP contribution in [0.15, 0.2) is 42.9 Å². The van der Waals surface area contributed by atoms with E-state index in [-0.39, 0.29) is 64.9 Å². The standard InChI is InChI=1S/C41H40F2N8O5/c42-34-9-26(51-17-27(56-37(51)52)16-50-8-7-48-49-50)10-35(43)36(34)24-3-4-25(47-15-24)11-39(40-22-54-19-32(40)29(40)13-45,41-23-55-20-33(41)30(41)14-46)6-2-1-5-38-21-53-18-31(38)28(38)12-44/h3-4,7-10,15,27-33H,1-2,5-6,11,16-23H2/t27-,28?,29?,30?,31?,32?,33?,38?,39?,40?,41?/m0/s1. The number of cyclic esters (lactones) is 1. The van der Waals surface area contributed by atoms with E-state index in [0.717, 1.165) is 37.8 Å². The lowest BCUT2D eigenvalue weighted by Crippen LogP contribution is -2.48. The highest BCUT2D eigenvalue weighted by Crippen LogP contribution is 2.85. The Morgan fingerprint density at radius 1 is 0.893 bits per heavy atom. The lowest BCUT2D eigenvalue weighted by atomic mass is 9.55. The number of unbranched alkanes of at least 4 members (excludes halogenated alkanes) is 1. The number of amides is 1. The molecule has 3 aliphatic carbocycles. The number of rotatable bonds is 13. The number of ether oxygens (including phenoxy) is 4. The van der Waals surface area contributed by atoms with Crippen molar-refractivity contribution in [1.82, 2.24) is 20.0 Å². The highest BCUT2D eigenvalue weighted by Gasteiger charge is 2.88. The van der Waals surface area contributed by atoms with Crippen LogP contribution in [0.3, 0.4) is 0 Å². The zero-order valence-corrected chi connectivity index (χ0v) is 30.7. The second-order valence-electron chi connectivity index (χ2n) is 17.0. The number of anilines is 1. The Kier molecular flexibility index (Phi) is 8.06. The molecular formula is C41H40F2N8O5. The molecule has 10 atom stereocenters. The van der Waals surface area contributed by atoms with E-state index in [9.17, 15) is 20.6 Å². The van der Waals surface area contributed by atoms with Crippen molar-refractivity contribution in [1.29, 1.82) is 15.8 Å². The predicted molar refractivity (Wildman–Crippen MR) is 189 cm³/mol.